The number of allylic oxidation sites excluding steroid dienone is 1. The lowest BCUT2D eigenvalue weighted by Crippen LogP contribution is -2.56. The van der Waals surface area contributed by atoms with Crippen molar-refractivity contribution in [2.45, 2.75) is 28.4 Å². The van der Waals surface area contributed by atoms with E-state index in [0.29, 0.717) is 6.54 Å². The van der Waals surface area contributed by atoms with Gasteiger partial charge in [0.2, 0.25) is 5.78 Å². The van der Waals surface area contributed by atoms with Crippen LogP contribution in [0.2, 0.25) is 0 Å². The van der Waals surface area contributed by atoms with E-state index in [1.807, 2.05) is 11.9 Å². The normalized spacial score (nSPS) is 43.8. The van der Waals surface area contributed by atoms with Gasteiger partial charge in [-0.3, -0.25) is 14.5 Å². The van der Waals surface area contributed by atoms with Gasteiger partial charge in [0, 0.05) is 18.2 Å². The number of piperazine rings is 1. The maximum atomic E-state index is 13.4. The van der Waals surface area contributed by atoms with E-state index >= 15 is 0 Å². The molecule has 6 atom stereocenters. The Morgan fingerprint density at radius 2 is 2.07 bits per heavy atom. The third-order valence-corrected chi connectivity index (χ3v) is 7.35. The minimum atomic E-state index is -1.76. The topological polar surface area (TPSA) is 131 Å². The van der Waals surface area contributed by atoms with Crippen molar-refractivity contribution in [1.29, 1.82) is 0 Å². The van der Waals surface area contributed by atoms with Crippen LogP contribution in [0.5, 0.6) is 0 Å². The van der Waals surface area contributed by atoms with Gasteiger partial charge in [0.05, 0.1) is 30.9 Å². The Morgan fingerprint density at radius 1 is 1.41 bits per heavy atom. The molecule has 4 heterocycles. The van der Waals surface area contributed by atoms with Crippen LogP contribution in [-0.2, 0) is 23.8 Å². The number of carbonyl (C=O) groups excluding carboxylic acids is 3. The number of hydrogen-bond acceptors (Lipinski definition) is 9. The van der Waals surface area contributed by atoms with E-state index in [1.165, 1.54) is 0 Å². The monoisotopic (exact) mass is 443 g/mol. The molecule has 1 aliphatic carbocycles. The zero-order valence-corrected chi connectivity index (χ0v) is 16.0. The lowest BCUT2D eigenvalue weighted by molar-refractivity contribution is -0.179. The highest BCUT2D eigenvalue weighted by Crippen LogP contribution is 2.59. The summed E-state index contributed by atoms with van der Waals surface area (Å²) in [6.45, 7) is 0.429. The molecule has 0 aromatic rings. The van der Waals surface area contributed by atoms with Crippen molar-refractivity contribution in [3.8, 4) is 0 Å². The zero-order chi connectivity index (χ0) is 19.3. The molecule has 0 aromatic carbocycles. The Morgan fingerprint density at radius 3 is 2.70 bits per heavy atom. The maximum absolute atomic E-state index is 13.4. The first-order valence-corrected chi connectivity index (χ1v) is 9.56. The number of ether oxygens (including phenoxy) is 3. The third kappa shape index (κ3) is 1.91. The predicted molar refractivity (Wildman–Crippen MR) is 90.4 cm³/mol. The average molecular weight is 444 g/mol. The zero-order valence-electron chi connectivity index (χ0n) is 14.4. The van der Waals surface area contributed by atoms with E-state index in [4.69, 9.17) is 19.9 Å². The quantitative estimate of drug-likeness (QED) is 0.378. The summed E-state index contributed by atoms with van der Waals surface area (Å²) in [6.07, 6.45) is -1.02. The van der Waals surface area contributed by atoms with Gasteiger partial charge in [-0.05, 0) is 7.05 Å². The smallest absolute Gasteiger partial charge is 0.404 e. The van der Waals surface area contributed by atoms with Crippen LogP contribution in [0.25, 0.3) is 0 Å². The van der Waals surface area contributed by atoms with Crippen molar-refractivity contribution >= 4 is 33.6 Å². The molecule has 0 radical (unpaired) electrons. The Labute approximate surface area is 162 Å². The molecule has 3 fully saturated rings. The molecule has 0 bridgehead atoms. The first-order valence-electron chi connectivity index (χ1n) is 8.64. The lowest BCUT2D eigenvalue weighted by Gasteiger charge is -2.37. The summed E-state index contributed by atoms with van der Waals surface area (Å²) in [5.41, 5.74) is 3.79. The molecule has 0 saturated carbocycles. The first kappa shape index (κ1) is 17.6. The van der Waals surface area contributed by atoms with E-state index in [1.54, 1.807) is 4.90 Å². The Hall–Kier alpha value is -1.53. The van der Waals surface area contributed by atoms with E-state index < -0.39 is 39.9 Å². The summed E-state index contributed by atoms with van der Waals surface area (Å²) < 4.78 is 16.1. The van der Waals surface area contributed by atoms with Gasteiger partial charge in [0.25, 0.3) is 5.79 Å². The van der Waals surface area contributed by atoms with E-state index in [2.05, 4.69) is 15.9 Å². The number of hydrogen-bond donors (Lipinski definition) is 2. The van der Waals surface area contributed by atoms with Crippen molar-refractivity contribution in [2.24, 2.45) is 11.7 Å². The van der Waals surface area contributed by atoms with Gasteiger partial charge in [-0.2, -0.15) is 0 Å². The lowest BCUT2D eigenvalue weighted by atomic mass is 9.80. The number of likely N-dealkylation sites (N-methyl/N-ethyl adjacent to an activating group) is 1. The number of nitrogens with two attached hydrogens (primary N) is 1. The molecule has 4 aliphatic heterocycles. The summed E-state index contributed by atoms with van der Waals surface area (Å²) in [7, 11) is 1.86. The molecular weight excluding hydrogens is 426 g/mol. The number of ketones is 2. The van der Waals surface area contributed by atoms with Crippen molar-refractivity contribution in [2.75, 3.05) is 33.4 Å². The Balaban J connectivity index is 1.64. The largest absolute Gasteiger partial charge is 0.449 e. The summed E-state index contributed by atoms with van der Waals surface area (Å²) in [6, 6.07) is -0.216. The molecule has 3 N–H and O–H groups in total. The van der Waals surface area contributed by atoms with Crippen molar-refractivity contribution in [1.82, 2.24) is 9.80 Å². The number of carbonyl (C=O) groups is 3. The number of rotatable bonds is 2. The fourth-order valence-corrected chi connectivity index (χ4v) is 5.79. The summed E-state index contributed by atoms with van der Waals surface area (Å²) in [4.78, 5) is 40.3. The SMILES string of the molecule is CN1[C@H]2[C@@H]1CN1C3=C(C(=O)C4(OCCO4)C(Br)C3=O)[C@H](COC(N)=O)[C@@]21O. The van der Waals surface area contributed by atoms with Gasteiger partial charge in [0.15, 0.2) is 11.5 Å². The summed E-state index contributed by atoms with van der Waals surface area (Å²) in [5.74, 6) is -3.61. The number of primary amides is 1. The van der Waals surface area contributed by atoms with Crippen LogP contribution in [0.4, 0.5) is 4.79 Å². The molecule has 5 aliphatic rings. The van der Waals surface area contributed by atoms with E-state index in [9.17, 15) is 19.5 Å². The van der Waals surface area contributed by atoms with Crippen molar-refractivity contribution in [3.05, 3.63) is 11.3 Å². The fraction of sp³-hybridized carbons (Fsp3) is 0.688. The first-order chi connectivity index (χ1) is 12.7. The van der Waals surface area contributed by atoms with Gasteiger partial charge in [-0.15, -0.1) is 0 Å². The number of aliphatic hydroxyl groups is 1. The second kappa shape index (κ2) is 5.29. The standard InChI is InChI=1S/C16H18BrN3O7/c1-19-7-4-20-9-8(6(5-25-14(18)23)15(20,24)12(7)19)13(22)16(11(17)10(9)21)26-2-3-27-16/h6-7,11-12,24H,2-5H2,1H3,(H2,18,23)/t6-,7-,11?,12-,15+,19?/m0/s1. The van der Waals surface area contributed by atoms with Crippen LogP contribution < -0.4 is 5.73 Å². The van der Waals surface area contributed by atoms with Gasteiger partial charge in [-0.25, -0.2) is 4.79 Å². The molecule has 3 saturated heterocycles. The average Bonchev–Trinajstić information content (AvgIpc) is 2.97. The molecule has 1 spiro atoms. The molecule has 0 aromatic heterocycles. The second-order valence-corrected chi connectivity index (χ2v) is 8.35. The second-order valence-electron chi connectivity index (χ2n) is 7.44. The van der Waals surface area contributed by atoms with Crippen LogP contribution in [0.1, 0.15) is 0 Å². The number of halogens is 1. The molecule has 1 amide bonds. The highest BCUT2D eigenvalue weighted by molar-refractivity contribution is 9.10. The number of alkyl halides is 1. The molecule has 11 heteroatoms. The number of fused-ring (bicyclic) bond motifs is 4. The molecule has 27 heavy (non-hydrogen) atoms. The van der Waals surface area contributed by atoms with Crippen LogP contribution in [0.15, 0.2) is 11.3 Å². The number of Topliss-reactive ketones (excluding diaryl/α,β-unsaturated/α-hetero) is 2. The van der Waals surface area contributed by atoms with Gasteiger partial charge in [0.1, 0.15) is 11.4 Å². The van der Waals surface area contributed by atoms with E-state index in [0.717, 1.165) is 0 Å². The molecule has 146 valence electrons. The van der Waals surface area contributed by atoms with Crippen LogP contribution >= 0.6 is 15.9 Å². The molecule has 10 nitrogen and oxygen atoms in total. The van der Waals surface area contributed by atoms with Crippen LogP contribution in [0, 0.1) is 5.92 Å². The highest BCUT2D eigenvalue weighted by atomic mass is 79.9. The van der Waals surface area contributed by atoms with Gasteiger partial charge >= 0.3 is 6.09 Å². The third-order valence-electron chi connectivity index (χ3n) is 6.33. The van der Waals surface area contributed by atoms with Crippen LogP contribution in [0.3, 0.4) is 0 Å². The molecule has 5 rings (SSSR count). The number of amides is 1. The Bertz CT molecular complexity index is 810. The number of nitrogens with zero attached hydrogens (tertiary/aromatic N) is 2. The summed E-state index contributed by atoms with van der Waals surface area (Å²) in [5, 5.41) is 11.6. The van der Waals surface area contributed by atoms with E-state index in [-0.39, 0.29) is 43.2 Å². The van der Waals surface area contributed by atoms with Crippen LogP contribution in [-0.4, -0.2) is 94.4 Å². The molecule has 2 unspecified atom stereocenters. The minimum Gasteiger partial charge on any atom is -0.449 e. The summed E-state index contributed by atoms with van der Waals surface area (Å²) >= 11 is 3.27. The maximum Gasteiger partial charge on any atom is 0.404 e. The minimum absolute atomic E-state index is 0.0617. The van der Waals surface area contributed by atoms with Gasteiger partial charge in [-0.1, -0.05) is 15.9 Å². The molecular formula is C16H18BrN3O7. The van der Waals surface area contributed by atoms with Crippen molar-refractivity contribution in [3.63, 3.8) is 0 Å². The predicted octanol–water partition coefficient (Wildman–Crippen LogP) is -1.69. The fourth-order valence-electron chi connectivity index (χ4n) is 5.10. The Kier molecular flexibility index (Phi) is 3.44. The highest BCUT2D eigenvalue weighted by Gasteiger charge is 2.76. The van der Waals surface area contributed by atoms with Crippen molar-refractivity contribution < 1.29 is 33.7 Å². The van der Waals surface area contributed by atoms with Gasteiger partial charge < -0.3 is 30.0 Å².